The van der Waals surface area contributed by atoms with Gasteiger partial charge >= 0.3 is 0 Å². The summed E-state index contributed by atoms with van der Waals surface area (Å²) in [6, 6.07) is 0.405. The van der Waals surface area contributed by atoms with E-state index in [0.717, 1.165) is 25.3 Å². The molecule has 0 aromatic carbocycles. The molecule has 1 fully saturated rings. The zero-order valence-corrected chi connectivity index (χ0v) is 13.4. The van der Waals surface area contributed by atoms with E-state index in [1.165, 1.54) is 12.8 Å². The molecule has 120 valence electrons. The Bertz CT molecular complexity index is 437. The van der Waals surface area contributed by atoms with Crippen LogP contribution in [0.3, 0.4) is 0 Å². The lowest BCUT2D eigenvalue weighted by atomic mass is 10.0. The predicted molar refractivity (Wildman–Crippen MR) is 85.2 cm³/mol. The number of nitrogens with one attached hydrogen (secondary N) is 1. The fourth-order valence-corrected chi connectivity index (χ4v) is 2.68. The second kappa shape index (κ2) is 9.02. The van der Waals surface area contributed by atoms with E-state index in [1.54, 1.807) is 0 Å². The summed E-state index contributed by atoms with van der Waals surface area (Å²) < 4.78 is 2.05. The fraction of sp³-hybridized carbons (Fsp3) is 0.714. The minimum absolute atomic E-state index is 0. The summed E-state index contributed by atoms with van der Waals surface area (Å²) in [5, 5.41) is 2.99. The van der Waals surface area contributed by atoms with E-state index >= 15 is 0 Å². The number of amides is 1. The summed E-state index contributed by atoms with van der Waals surface area (Å²) in [5.41, 5.74) is 5.39. The average molecular weight is 316 g/mol. The summed E-state index contributed by atoms with van der Waals surface area (Å²) in [6.07, 6.45) is 7.79. The normalized spacial score (nSPS) is 19.0. The van der Waals surface area contributed by atoms with Crippen molar-refractivity contribution in [1.29, 1.82) is 0 Å². The third-order valence-electron chi connectivity index (χ3n) is 3.92. The van der Waals surface area contributed by atoms with Gasteiger partial charge in [-0.15, -0.1) is 12.4 Å². The molecule has 21 heavy (non-hydrogen) atoms. The van der Waals surface area contributed by atoms with Crippen LogP contribution >= 0.6 is 12.4 Å². The summed E-state index contributed by atoms with van der Waals surface area (Å²) in [6.45, 7) is 3.04. The number of piperidine rings is 1. The van der Waals surface area contributed by atoms with Gasteiger partial charge < -0.3 is 15.6 Å². The standard InChI is InChI=1S/C14H25N5O.ClH/c1-18-9-7-16-13(18)11-19-8-3-2-4-12(19)10-17-14(20)5-6-15;/h7,9,12H,2-6,8,10-11,15H2,1H3,(H,17,20);1H. The Morgan fingerprint density at radius 2 is 2.33 bits per heavy atom. The Morgan fingerprint density at radius 3 is 3.00 bits per heavy atom. The van der Waals surface area contributed by atoms with Gasteiger partial charge in [-0.2, -0.15) is 0 Å². The third kappa shape index (κ3) is 5.30. The van der Waals surface area contributed by atoms with E-state index in [4.69, 9.17) is 5.73 Å². The monoisotopic (exact) mass is 315 g/mol. The van der Waals surface area contributed by atoms with Crippen molar-refractivity contribution in [3.05, 3.63) is 18.2 Å². The van der Waals surface area contributed by atoms with Gasteiger partial charge in [-0.05, 0) is 19.4 Å². The predicted octanol–water partition coefficient (Wildman–Crippen LogP) is 0.661. The number of halogens is 1. The number of likely N-dealkylation sites (tertiary alicyclic amines) is 1. The summed E-state index contributed by atoms with van der Waals surface area (Å²) in [4.78, 5) is 18.3. The number of aryl methyl sites for hydroxylation is 1. The molecule has 2 rings (SSSR count). The lowest BCUT2D eigenvalue weighted by Crippen LogP contribution is -2.46. The van der Waals surface area contributed by atoms with Crippen molar-refractivity contribution >= 4 is 18.3 Å². The van der Waals surface area contributed by atoms with E-state index in [9.17, 15) is 4.79 Å². The van der Waals surface area contributed by atoms with E-state index in [2.05, 4.69) is 19.8 Å². The highest BCUT2D eigenvalue weighted by atomic mass is 35.5. The van der Waals surface area contributed by atoms with Crippen LogP contribution in [0.15, 0.2) is 12.4 Å². The van der Waals surface area contributed by atoms with E-state index in [-0.39, 0.29) is 18.3 Å². The first-order valence-corrected chi connectivity index (χ1v) is 7.37. The second-order valence-electron chi connectivity index (χ2n) is 5.42. The zero-order chi connectivity index (χ0) is 14.4. The Hall–Kier alpha value is -1.11. The largest absolute Gasteiger partial charge is 0.354 e. The zero-order valence-electron chi connectivity index (χ0n) is 12.6. The number of carbonyl (C=O) groups excluding carboxylic acids is 1. The molecular weight excluding hydrogens is 290 g/mol. The van der Waals surface area contributed by atoms with Gasteiger partial charge in [0.15, 0.2) is 0 Å². The van der Waals surface area contributed by atoms with Gasteiger partial charge in [0.05, 0.1) is 6.54 Å². The topological polar surface area (TPSA) is 76.2 Å². The van der Waals surface area contributed by atoms with Gasteiger partial charge in [0.2, 0.25) is 5.91 Å². The highest BCUT2D eigenvalue weighted by Crippen LogP contribution is 2.18. The van der Waals surface area contributed by atoms with Crippen molar-refractivity contribution in [3.8, 4) is 0 Å². The van der Waals surface area contributed by atoms with Gasteiger partial charge in [-0.3, -0.25) is 9.69 Å². The second-order valence-corrected chi connectivity index (χ2v) is 5.42. The molecule has 1 amide bonds. The van der Waals surface area contributed by atoms with Crippen LogP contribution in [0.4, 0.5) is 0 Å². The van der Waals surface area contributed by atoms with Crippen molar-refractivity contribution in [1.82, 2.24) is 19.8 Å². The lowest BCUT2D eigenvalue weighted by molar-refractivity contribution is -0.121. The maximum Gasteiger partial charge on any atom is 0.221 e. The van der Waals surface area contributed by atoms with Crippen molar-refractivity contribution in [2.45, 2.75) is 38.3 Å². The molecule has 0 aliphatic carbocycles. The van der Waals surface area contributed by atoms with Crippen molar-refractivity contribution in [2.75, 3.05) is 19.6 Å². The minimum atomic E-state index is 0. The Labute approximate surface area is 132 Å². The highest BCUT2D eigenvalue weighted by Gasteiger charge is 2.23. The van der Waals surface area contributed by atoms with Crippen LogP contribution in [0.25, 0.3) is 0 Å². The first-order valence-electron chi connectivity index (χ1n) is 7.37. The maximum absolute atomic E-state index is 11.5. The van der Waals surface area contributed by atoms with Gasteiger partial charge in [0.1, 0.15) is 5.82 Å². The average Bonchev–Trinajstić information content (AvgIpc) is 2.84. The number of nitrogens with zero attached hydrogens (tertiary/aromatic N) is 3. The number of nitrogens with two attached hydrogens (primary N) is 1. The van der Waals surface area contributed by atoms with Crippen molar-refractivity contribution in [3.63, 3.8) is 0 Å². The van der Waals surface area contributed by atoms with E-state index in [1.807, 2.05) is 19.4 Å². The molecule has 1 unspecified atom stereocenters. The molecule has 7 heteroatoms. The number of imidazole rings is 1. The summed E-state index contributed by atoms with van der Waals surface area (Å²) in [7, 11) is 2.02. The van der Waals surface area contributed by atoms with E-state index in [0.29, 0.717) is 25.6 Å². The van der Waals surface area contributed by atoms with Gasteiger partial charge in [0.25, 0.3) is 0 Å². The van der Waals surface area contributed by atoms with Crippen LogP contribution in [0.1, 0.15) is 31.5 Å². The molecule has 0 saturated carbocycles. The molecule has 1 saturated heterocycles. The van der Waals surface area contributed by atoms with Crippen LogP contribution in [-0.2, 0) is 18.4 Å². The molecule has 6 nitrogen and oxygen atoms in total. The molecule has 3 N–H and O–H groups in total. The van der Waals surface area contributed by atoms with Gasteiger partial charge in [-0.1, -0.05) is 6.42 Å². The molecule has 1 atom stereocenters. The molecule has 2 heterocycles. The molecule has 1 aliphatic rings. The van der Waals surface area contributed by atoms with Crippen molar-refractivity contribution < 1.29 is 4.79 Å². The molecule has 0 spiro atoms. The highest BCUT2D eigenvalue weighted by molar-refractivity contribution is 5.85. The van der Waals surface area contributed by atoms with Crippen molar-refractivity contribution in [2.24, 2.45) is 12.8 Å². The maximum atomic E-state index is 11.5. The van der Waals surface area contributed by atoms with Gasteiger partial charge in [-0.25, -0.2) is 4.98 Å². The molecule has 1 aromatic heterocycles. The van der Waals surface area contributed by atoms with E-state index < -0.39 is 0 Å². The summed E-state index contributed by atoms with van der Waals surface area (Å²) >= 11 is 0. The summed E-state index contributed by atoms with van der Waals surface area (Å²) in [5.74, 6) is 1.13. The Balaban J connectivity index is 0.00000220. The Kier molecular flexibility index (Phi) is 7.71. The molecule has 1 aromatic rings. The van der Waals surface area contributed by atoms with Crippen LogP contribution in [0.2, 0.25) is 0 Å². The smallest absolute Gasteiger partial charge is 0.221 e. The third-order valence-corrected chi connectivity index (χ3v) is 3.92. The molecule has 0 bridgehead atoms. The lowest BCUT2D eigenvalue weighted by Gasteiger charge is -2.35. The molecule has 1 aliphatic heterocycles. The minimum Gasteiger partial charge on any atom is -0.354 e. The SMILES string of the molecule is Cl.Cn1ccnc1CN1CCCCC1CNC(=O)CCN. The van der Waals surface area contributed by atoms with Crippen LogP contribution in [0, 0.1) is 0 Å². The Morgan fingerprint density at radius 1 is 1.52 bits per heavy atom. The number of hydrogen-bond acceptors (Lipinski definition) is 4. The number of rotatable bonds is 6. The van der Waals surface area contributed by atoms with Gasteiger partial charge in [0, 0.05) is 45.0 Å². The van der Waals surface area contributed by atoms with Crippen LogP contribution in [0.5, 0.6) is 0 Å². The van der Waals surface area contributed by atoms with Crippen LogP contribution in [-0.4, -0.2) is 46.0 Å². The molecule has 0 radical (unpaired) electrons. The number of carbonyl (C=O) groups is 1. The fourth-order valence-electron chi connectivity index (χ4n) is 2.68. The first-order chi connectivity index (χ1) is 9.70. The number of aromatic nitrogens is 2. The first kappa shape index (κ1) is 17.9. The number of hydrogen-bond donors (Lipinski definition) is 2. The molecular formula is C14H26ClN5O. The van der Waals surface area contributed by atoms with Crippen LogP contribution < -0.4 is 11.1 Å². The quantitative estimate of drug-likeness (QED) is 0.808.